The summed E-state index contributed by atoms with van der Waals surface area (Å²) in [5, 5.41) is 2.55. The summed E-state index contributed by atoms with van der Waals surface area (Å²) in [6, 6.07) is 3.81. The molecule has 2 rings (SSSR count). The Hall–Kier alpha value is -2.16. The minimum absolute atomic E-state index is 0.152. The van der Waals surface area contributed by atoms with Crippen LogP contribution in [-0.4, -0.2) is 45.6 Å². The fourth-order valence-corrected chi connectivity index (χ4v) is 2.67. The number of carbonyl (C=O) groups excluding carboxylic acids is 2. The molecule has 1 heterocycles. The summed E-state index contributed by atoms with van der Waals surface area (Å²) in [6.45, 7) is 1.79. The molecule has 1 N–H and O–H groups in total. The van der Waals surface area contributed by atoms with E-state index in [1.54, 1.807) is 0 Å². The van der Waals surface area contributed by atoms with E-state index in [2.05, 4.69) is 5.32 Å². The predicted molar refractivity (Wildman–Crippen MR) is 75.9 cm³/mol. The van der Waals surface area contributed by atoms with Crippen LogP contribution in [0.1, 0.15) is 6.92 Å². The number of nitrogens with one attached hydrogen (secondary N) is 1. The molecule has 0 radical (unpaired) electrons. The van der Waals surface area contributed by atoms with Crippen LogP contribution in [0.3, 0.4) is 0 Å². The lowest BCUT2D eigenvalue weighted by molar-refractivity contribution is -0.119. The molecule has 1 saturated heterocycles. The van der Waals surface area contributed by atoms with Crippen molar-refractivity contribution in [2.45, 2.75) is 17.9 Å². The second-order valence-electron chi connectivity index (χ2n) is 4.77. The number of amides is 2. The lowest BCUT2D eigenvalue weighted by atomic mass is 10.2. The Morgan fingerprint density at radius 3 is 2.59 bits per heavy atom. The molecule has 0 aromatic heterocycles. The molecule has 1 fully saturated rings. The Balaban J connectivity index is 2.09. The van der Waals surface area contributed by atoms with Gasteiger partial charge in [-0.1, -0.05) is 0 Å². The van der Waals surface area contributed by atoms with Crippen LogP contribution < -0.4 is 10.2 Å². The number of hydrogen-bond acceptors (Lipinski definition) is 5. The normalized spacial score (nSPS) is 18.2. The average Bonchev–Trinajstić information content (AvgIpc) is 2.86. The number of ether oxygens (including phenoxy) is 1. The fourth-order valence-electron chi connectivity index (χ4n) is 1.99. The van der Waals surface area contributed by atoms with Gasteiger partial charge in [0.05, 0.1) is 18.0 Å². The van der Waals surface area contributed by atoms with Gasteiger partial charge >= 0.3 is 6.09 Å². The van der Waals surface area contributed by atoms with Crippen molar-refractivity contribution in [2.75, 3.05) is 24.0 Å². The quantitative estimate of drug-likeness (QED) is 0.864. The van der Waals surface area contributed by atoms with Crippen LogP contribution in [-0.2, 0) is 19.4 Å². The van der Waals surface area contributed by atoms with Gasteiger partial charge in [-0.05, 0) is 24.3 Å². The maximum atomic E-state index is 12.4. The number of sulfone groups is 1. The van der Waals surface area contributed by atoms with Gasteiger partial charge in [-0.15, -0.1) is 0 Å². The molecule has 1 atom stereocenters. The number of benzene rings is 1. The first-order valence-electron chi connectivity index (χ1n) is 6.45. The Morgan fingerprint density at radius 2 is 2.05 bits per heavy atom. The van der Waals surface area contributed by atoms with Crippen molar-refractivity contribution in [2.24, 2.45) is 0 Å². The van der Waals surface area contributed by atoms with Crippen LogP contribution in [0, 0.1) is 0 Å². The summed E-state index contributed by atoms with van der Waals surface area (Å²) < 4.78 is 40.3. The summed E-state index contributed by atoms with van der Waals surface area (Å²) in [5.41, 5.74) is 0.438. The molecule has 0 aliphatic carbocycles. The van der Waals surface area contributed by atoms with Crippen LogP contribution in [0.4, 0.5) is 14.9 Å². The van der Waals surface area contributed by atoms with Gasteiger partial charge in [0.15, 0.2) is 6.01 Å². The van der Waals surface area contributed by atoms with E-state index in [-0.39, 0.29) is 23.9 Å². The smallest absolute Gasteiger partial charge is 0.414 e. The summed E-state index contributed by atoms with van der Waals surface area (Å²) in [5.74, 6) is -0.227. The molecule has 1 aliphatic heterocycles. The van der Waals surface area contributed by atoms with E-state index in [9.17, 15) is 22.4 Å². The highest BCUT2D eigenvalue weighted by molar-refractivity contribution is 7.91. The highest BCUT2D eigenvalue weighted by atomic mass is 32.2. The second-order valence-corrected chi connectivity index (χ2v) is 6.69. The van der Waals surface area contributed by atoms with Crippen molar-refractivity contribution in [3.63, 3.8) is 0 Å². The van der Waals surface area contributed by atoms with E-state index >= 15 is 0 Å². The van der Waals surface area contributed by atoms with Gasteiger partial charge in [-0.3, -0.25) is 9.69 Å². The zero-order valence-electron chi connectivity index (χ0n) is 11.8. The average molecular weight is 330 g/mol. The first-order chi connectivity index (χ1) is 10.3. The number of carbonyl (C=O) groups is 2. The van der Waals surface area contributed by atoms with Crippen LogP contribution in [0.15, 0.2) is 29.2 Å². The fraction of sp³-hybridized carbons (Fsp3) is 0.385. The lowest BCUT2D eigenvalue weighted by Crippen LogP contribution is -2.33. The largest absolute Gasteiger partial charge is 0.442 e. The number of nitrogens with zero attached hydrogens (tertiary/aromatic N) is 1. The van der Waals surface area contributed by atoms with E-state index in [0.717, 1.165) is 0 Å². The minimum Gasteiger partial charge on any atom is -0.442 e. The molecule has 9 heteroatoms. The van der Waals surface area contributed by atoms with Crippen molar-refractivity contribution in [1.82, 2.24) is 5.32 Å². The molecule has 1 aromatic carbocycles. The van der Waals surface area contributed by atoms with Crippen molar-refractivity contribution in [3.8, 4) is 0 Å². The predicted octanol–water partition coefficient (Wildman–Crippen LogP) is 0.849. The zero-order valence-corrected chi connectivity index (χ0v) is 12.6. The summed E-state index contributed by atoms with van der Waals surface area (Å²) >= 11 is 0. The van der Waals surface area contributed by atoms with Crippen molar-refractivity contribution in [3.05, 3.63) is 24.3 Å². The third-order valence-electron chi connectivity index (χ3n) is 3.10. The Morgan fingerprint density at radius 1 is 1.41 bits per heavy atom. The van der Waals surface area contributed by atoms with Crippen LogP contribution in [0.5, 0.6) is 0 Å². The molecule has 2 amide bonds. The number of hydrogen-bond donors (Lipinski definition) is 1. The van der Waals surface area contributed by atoms with Crippen LogP contribution in [0.25, 0.3) is 0 Å². The van der Waals surface area contributed by atoms with Crippen molar-refractivity contribution < 1.29 is 27.1 Å². The second kappa shape index (κ2) is 6.30. The van der Waals surface area contributed by atoms with Gasteiger partial charge in [0, 0.05) is 12.6 Å². The van der Waals surface area contributed by atoms with E-state index in [0.29, 0.717) is 5.69 Å². The zero-order chi connectivity index (χ0) is 16.3. The minimum atomic E-state index is -3.93. The van der Waals surface area contributed by atoms with Gasteiger partial charge in [0.2, 0.25) is 15.7 Å². The molecule has 0 unspecified atom stereocenters. The van der Waals surface area contributed by atoms with E-state index in [4.69, 9.17) is 4.74 Å². The van der Waals surface area contributed by atoms with Crippen molar-refractivity contribution in [1.29, 1.82) is 0 Å². The molecule has 22 heavy (non-hydrogen) atoms. The highest BCUT2D eigenvalue weighted by Gasteiger charge is 2.32. The third kappa shape index (κ3) is 3.53. The molecule has 0 saturated carbocycles. The van der Waals surface area contributed by atoms with Crippen molar-refractivity contribution >= 4 is 27.5 Å². The molecule has 1 aliphatic rings. The Bertz CT molecular complexity index is 674. The number of anilines is 1. The van der Waals surface area contributed by atoms with Crippen LogP contribution in [0.2, 0.25) is 0 Å². The number of rotatable bonds is 5. The Labute approximate surface area is 127 Å². The molecular formula is C13H15FN2O5S. The first-order valence-corrected chi connectivity index (χ1v) is 8.10. The topological polar surface area (TPSA) is 92.8 Å². The molecule has 0 bridgehead atoms. The maximum absolute atomic E-state index is 12.4. The third-order valence-corrected chi connectivity index (χ3v) is 4.38. The lowest BCUT2D eigenvalue weighted by Gasteiger charge is -2.13. The van der Waals surface area contributed by atoms with E-state index < -0.39 is 28.0 Å². The van der Waals surface area contributed by atoms with Gasteiger partial charge in [0.1, 0.15) is 6.10 Å². The molecule has 0 spiro atoms. The van der Waals surface area contributed by atoms with Gasteiger partial charge < -0.3 is 10.1 Å². The Kier molecular flexibility index (Phi) is 4.65. The summed E-state index contributed by atoms with van der Waals surface area (Å²) in [4.78, 5) is 23.8. The molecule has 120 valence electrons. The van der Waals surface area contributed by atoms with E-state index in [1.807, 2.05) is 0 Å². The van der Waals surface area contributed by atoms with Gasteiger partial charge in [-0.25, -0.2) is 17.6 Å². The highest BCUT2D eigenvalue weighted by Crippen LogP contribution is 2.23. The number of cyclic esters (lactones) is 1. The van der Waals surface area contributed by atoms with Gasteiger partial charge in [-0.2, -0.15) is 0 Å². The maximum Gasteiger partial charge on any atom is 0.414 e. The van der Waals surface area contributed by atoms with E-state index in [1.165, 1.54) is 36.1 Å². The first kappa shape index (κ1) is 16.2. The standard InChI is InChI=1S/C13H15FN2O5S/c1-9(17)15-6-11-7-16(13(18)21-11)10-2-4-12(5-3-10)22(19,20)8-14/h2-5,11H,6-8H2,1H3,(H,15,17)/t11-/m0/s1. The summed E-state index contributed by atoms with van der Waals surface area (Å²) in [7, 11) is -3.93. The summed E-state index contributed by atoms with van der Waals surface area (Å²) in [6.07, 6.45) is -1.07. The number of halogens is 1. The SMILES string of the molecule is CC(=O)NC[C@H]1CN(c2ccc(S(=O)(=O)CF)cc2)C(=O)O1. The molecular weight excluding hydrogens is 315 g/mol. The molecule has 1 aromatic rings. The van der Waals surface area contributed by atoms with Gasteiger partial charge in [0.25, 0.3) is 0 Å². The number of alkyl halides is 1. The van der Waals surface area contributed by atoms with Crippen LogP contribution >= 0.6 is 0 Å². The molecule has 7 nitrogen and oxygen atoms in total. The monoisotopic (exact) mass is 330 g/mol.